The van der Waals surface area contributed by atoms with E-state index in [9.17, 15) is 14.0 Å². The number of rotatable bonds is 5. The van der Waals surface area contributed by atoms with Gasteiger partial charge in [0.1, 0.15) is 12.4 Å². The van der Waals surface area contributed by atoms with E-state index in [1.807, 2.05) is 0 Å². The molecule has 2 heterocycles. The van der Waals surface area contributed by atoms with Gasteiger partial charge in [-0.1, -0.05) is 41.0 Å². The topological polar surface area (TPSA) is 82.9 Å². The molecule has 0 aliphatic rings. The standard InChI is InChI=1S/C20H14ClFN4O3/c21-15-6-4-13(5-7-15)11-25-8-9-26(20(28)19(25)27)12-17-23-18(24-29-17)14-2-1-3-16(22)10-14/h1-10H,11-12H2. The van der Waals surface area contributed by atoms with Crippen molar-refractivity contribution in [1.29, 1.82) is 0 Å². The summed E-state index contributed by atoms with van der Waals surface area (Å²) in [5.41, 5.74) is -0.102. The Bertz CT molecular complexity index is 1280. The second kappa shape index (κ2) is 7.84. The molecule has 29 heavy (non-hydrogen) atoms. The van der Waals surface area contributed by atoms with Gasteiger partial charge in [-0.3, -0.25) is 14.2 Å². The Morgan fingerprint density at radius 2 is 1.66 bits per heavy atom. The van der Waals surface area contributed by atoms with Crippen LogP contribution in [0.4, 0.5) is 4.39 Å². The first-order chi connectivity index (χ1) is 14.0. The number of hydrogen-bond donors (Lipinski definition) is 0. The van der Waals surface area contributed by atoms with E-state index in [0.717, 1.165) is 5.56 Å². The Labute approximate surface area is 168 Å². The van der Waals surface area contributed by atoms with Crippen LogP contribution < -0.4 is 11.1 Å². The molecule has 0 unspecified atom stereocenters. The monoisotopic (exact) mass is 412 g/mol. The molecule has 0 spiro atoms. The maximum Gasteiger partial charge on any atom is 0.316 e. The highest BCUT2D eigenvalue weighted by Gasteiger charge is 2.12. The number of hydrogen-bond acceptors (Lipinski definition) is 5. The lowest BCUT2D eigenvalue weighted by atomic mass is 10.2. The minimum Gasteiger partial charge on any atom is -0.337 e. The van der Waals surface area contributed by atoms with Gasteiger partial charge in [0.2, 0.25) is 11.7 Å². The highest BCUT2D eigenvalue weighted by Crippen LogP contribution is 2.16. The molecule has 0 amide bonds. The quantitative estimate of drug-likeness (QED) is 0.471. The third kappa shape index (κ3) is 4.17. The second-order valence-electron chi connectivity index (χ2n) is 6.31. The molecular weight excluding hydrogens is 399 g/mol. The van der Waals surface area contributed by atoms with Crippen molar-refractivity contribution in [2.24, 2.45) is 0 Å². The minimum absolute atomic E-state index is 0.0713. The van der Waals surface area contributed by atoms with Crippen molar-refractivity contribution in [2.45, 2.75) is 13.1 Å². The lowest BCUT2D eigenvalue weighted by molar-refractivity contribution is 0.369. The molecule has 0 saturated heterocycles. The van der Waals surface area contributed by atoms with E-state index < -0.39 is 16.9 Å². The molecule has 0 aliphatic carbocycles. The van der Waals surface area contributed by atoms with Gasteiger partial charge in [-0.15, -0.1) is 0 Å². The van der Waals surface area contributed by atoms with Crippen LogP contribution in [0.2, 0.25) is 5.02 Å². The molecule has 146 valence electrons. The van der Waals surface area contributed by atoms with Crippen LogP contribution in [0.1, 0.15) is 11.5 Å². The molecule has 9 heteroatoms. The molecule has 4 rings (SSSR count). The molecular formula is C20H14ClFN4O3. The summed E-state index contributed by atoms with van der Waals surface area (Å²) in [6.07, 6.45) is 2.99. The summed E-state index contributed by atoms with van der Waals surface area (Å²) in [4.78, 5) is 29.0. The molecule has 0 atom stereocenters. The highest BCUT2D eigenvalue weighted by molar-refractivity contribution is 6.30. The predicted octanol–water partition coefficient (Wildman–Crippen LogP) is 2.95. The molecule has 0 aliphatic heterocycles. The number of benzene rings is 2. The third-order valence-electron chi connectivity index (χ3n) is 4.25. The molecule has 7 nitrogen and oxygen atoms in total. The van der Waals surface area contributed by atoms with Crippen LogP contribution in [0, 0.1) is 5.82 Å². The summed E-state index contributed by atoms with van der Waals surface area (Å²) in [6.45, 7) is 0.175. The Morgan fingerprint density at radius 1 is 0.966 bits per heavy atom. The van der Waals surface area contributed by atoms with Crippen LogP contribution in [0.15, 0.2) is 75.0 Å². The largest absolute Gasteiger partial charge is 0.337 e. The maximum absolute atomic E-state index is 13.3. The predicted molar refractivity (Wildman–Crippen MR) is 104 cm³/mol. The average molecular weight is 413 g/mol. The summed E-state index contributed by atoms with van der Waals surface area (Å²) in [6, 6.07) is 12.8. The van der Waals surface area contributed by atoms with E-state index in [1.165, 1.54) is 39.7 Å². The average Bonchev–Trinajstić information content (AvgIpc) is 3.18. The van der Waals surface area contributed by atoms with E-state index in [2.05, 4.69) is 10.1 Å². The van der Waals surface area contributed by atoms with E-state index in [0.29, 0.717) is 10.6 Å². The van der Waals surface area contributed by atoms with Crippen LogP contribution in [-0.2, 0) is 13.1 Å². The van der Waals surface area contributed by atoms with Crippen molar-refractivity contribution in [1.82, 2.24) is 19.3 Å². The lowest BCUT2D eigenvalue weighted by Crippen LogP contribution is -2.40. The van der Waals surface area contributed by atoms with Crippen LogP contribution in [0.25, 0.3) is 11.4 Å². The van der Waals surface area contributed by atoms with Gasteiger partial charge < -0.3 is 9.09 Å². The summed E-state index contributed by atoms with van der Waals surface area (Å²) < 4.78 is 21.0. The zero-order valence-corrected chi connectivity index (χ0v) is 15.7. The van der Waals surface area contributed by atoms with Crippen LogP contribution in [0.3, 0.4) is 0 Å². The van der Waals surface area contributed by atoms with Crippen molar-refractivity contribution in [3.05, 3.63) is 104 Å². The number of nitrogens with zero attached hydrogens (tertiary/aromatic N) is 4. The van der Waals surface area contributed by atoms with Gasteiger partial charge in [-0.05, 0) is 29.8 Å². The zero-order chi connectivity index (χ0) is 20.4. The van der Waals surface area contributed by atoms with E-state index in [4.69, 9.17) is 16.1 Å². The summed E-state index contributed by atoms with van der Waals surface area (Å²) in [5.74, 6) is -0.0980. The van der Waals surface area contributed by atoms with Crippen molar-refractivity contribution in [2.75, 3.05) is 0 Å². The third-order valence-corrected chi connectivity index (χ3v) is 4.51. The fraction of sp³-hybridized carbons (Fsp3) is 0.100. The van der Waals surface area contributed by atoms with Gasteiger partial charge in [0.25, 0.3) is 0 Å². The first kappa shape index (κ1) is 18.8. The lowest BCUT2D eigenvalue weighted by Gasteiger charge is -2.08. The Morgan fingerprint density at radius 3 is 2.34 bits per heavy atom. The summed E-state index contributed by atoms with van der Waals surface area (Å²) in [5, 5.41) is 4.39. The zero-order valence-electron chi connectivity index (χ0n) is 15.0. The first-order valence-electron chi connectivity index (χ1n) is 8.62. The molecule has 4 aromatic rings. The molecule has 0 saturated carbocycles. The van der Waals surface area contributed by atoms with Crippen molar-refractivity contribution < 1.29 is 8.91 Å². The van der Waals surface area contributed by atoms with Crippen LogP contribution in [0.5, 0.6) is 0 Å². The summed E-state index contributed by atoms with van der Waals surface area (Å²) in [7, 11) is 0. The Balaban J connectivity index is 1.56. The van der Waals surface area contributed by atoms with Gasteiger partial charge in [0, 0.05) is 23.0 Å². The number of aromatic nitrogens is 4. The molecule has 2 aromatic heterocycles. The molecule has 0 radical (unpaired) electrons. The summed E-state index contributed by atoms with van der Waals surface area (Å²) >= 11 is 5.86. The minimum atomic E-state index is -0.716. The molecule has 0 N–H and O–H groups in total. The number of halogens is 2. The Kier molecular flexibility index (Phi) is 5.09. The first-order valence-corrected chi connectivity index (χ1v) is 9.00. The second-order valence-corrected chi connectivity index (χ2v) is 6.75. The molecule has 0 bridgehead atoms. The van der Waals surface area contributed by atoms with E-state index in [1.54, 1.807) is 30.3 Å². The molecule has 0 fully saturated rings. The van der Waals surface area contributed by atoms with Crippen LogP contribution >= 0.6 is 11.6 Å². The van der Waals surface area contributed by atoms with E-state index in [-0.39, 0.29) is 24.8 Å². The van der Waals surface area contributed by atoms with E-state index >= 15 is 0 Å². The van der Waals surface area contributed by atoms with Gasteiger partial charge in [-0.25, -0.2) is 4.39 Å². The van der Waals surface area contributed by atoms with Crippen molar-refractivity contribution >= 4 is 11.6 Å². The fourth-order valence-electron chi connectivity index (χ4n) is 2.79. The van der Waals surface area contributed by atoms with Gasteiger partial charge in [0.05, 0.1) is 6.54 Å². The van der Waals surface area contributed by atoms with Crippen LogP contribution in [-0.4, -0.2) is 19.3 Å². The van der Waals surface area contributed by atoms with Gasteiger partial charge >= 0.3 is 11.1 Å². The van der Waals surface area contributed by atoms with Crippen molar-refractivity contribution in [3.63, 3.8) is 0 Å². The normalized spacial score (nSPS) is 11.0. The Hall–Kier alpha value is -3.52. The smallest absolute Gasteiger partial charge is 0.316 e. The van der Waals surface area contributed by atoms with Crippen molar-refractivity contribution in [3.8, 4) is 11.4 Å². The molecule has 2 aromatic carbocycles. The highest BCUT2D eigenvalue weighted by atomic mass is 35.5. The van der Waals surface area contributed by atoms with Gasteiger partial charge in [0.15, 0.2) is 0 Å². The fourth-order valence-corrected chi connectivity index (χ4v) is 2.91. The van der Waals surface area contributed by atoms with Gasteiger partial charge in [-0.2, -0.15) is 4.98 Å². The maximum atomic E-state index is 13.3. The SMILES string of the molecule is O=c1c(=O)n(Cc2nc(-c3cccc(F)c3)no2)ccn1Cc1ccc(Cl)cc1.